The predicted octanol–water partition coefficient (Wildman–Crippen LogP) is 1.22. The highest BCUT2D eigenvalue weighted by molar-refractivity contribution is 6.03. The number of fused-ring (bicyclic) bond motifs is 1. The summed E-state index contributed by atoms with van der Waals surface area (Å²) in [6.07, 6.45) is -0.256. The van der Waals surface area contributed by atoms with Crippen LogP contribution in [0.2, 0.25) is 0 Å². The first-order valence-corrected chi connectivity index (χ1v) is 5.84. The third-order valence-electron chi connectivity index (χ3n) is 2.88. The van der Waals surface area contributed by atoms with Gasteiger partial charge in [0.15, 0.2) is 0 Å². The van der Waals surface area contributed by atoms with Crippen molar-refractivity contribution in [1.29, 1.82) is 0 Å². The maximum atomic E-state index is 11.8. The second-order valence-electron chi connectivity index (χ2n) is 4.37. The first kappa shape index (κ1) is 13.1. The maximum absolute atomic E-state index is 11.8. The highest BCUT2D eigenvalue weighted by Gasteiger charge is 2.18. The third kappa shape index (κ3) is 2.74. The van der Waals surface area contributed by atoms with E-state index >= 15 is 0 Å². The number of benzene rings is 1. The first-order valence-electron chi connectivity index (χ1n) is 5.84. The SMILES string of the molecule is Cc1[nH]c2ccccc2c1NC(=O)CC(N)C(=O)O. The van der Waals surface area contributed by atoms with Gasteiger partial charge in [-0.3, -0.25) is 9.59 Å². The van der Waals surface area contributed by atoms with Crippen LogP contribution < -0.4 is 11.1 Å². The van der Waals surface area contributed by atoms with E-state index in [0.717, 1.165) is 16.6 Å². The molecule has 6 heteroatoms. The number of aromatic nitrogens is 1. The monoisotopic (exact) mass is 261 g/mol. The molecule has 1 amide bonds. The molecule has 19 heavy (non-hydrogen) atoms. The van der Waals surface area contributed by atoms with Crippen LogP contribution in [0.1, 0.15) is 12.1 Å². The highest BCUT2D eigenvalue weighted by Crippen LogP contribution is 2.26. The Labute approximate surface area is 109 Å². The number of carboxylic acid groups (broad SMARTS) is 1. The van der Waals surface area contributed by atoms with E-state index in [9.17, 15) is 9.59 Å². The summed E-state index contributed by atoms with van der Waals surface area (Å²) >= 11 is 0. The van der Waals surface area contributed by atoms with Crippen molar-refractivity contribution in [3.05, 3.63) is 30.0 Å². The Morgan fingerprint density at radius 3 is 2.79 bits per heavy atom. The molecule has 100 valence electrons. The molecule has 2 rings (SSSR count). The number of H-pyrrole nitrogens is 1. The minimum absolute atomic E-state index is 0.256. The molecule has 0 fully saturated rings. The largest absolute Gasteiger partial charge is 0.480 e. The Morgan fingerprint density at radius 2 is 2.11 bits per heavy atom. The number of carbonyl (C=O) groups is 2. The van der Waals surface area contributed by atoms with E-state index in [2.05, 4.69) is 10.3 Å². The molecule has 0 spiro atoms. The smallest absolute Gasteiger partial charge is 0.321 e. The highest BCUT2D eigenvalue weighted by atomic mass is 16.4. The third-order valence-corrected chi connectivity index (χ3v) is 2.88. The van der Waals surface area contributed by atoms with E-state index in [-0.39, 0.29) is 6.42 Å². The Balaban J connectivity index is 2.19. The summed E-state index contributed by atoms with van der Waals surface area (Å²) in [4.78, 5) is 25.5. The molecule has 1 unspecified atom stereocenters. The number of nitrogens with two attached hydrogens (primary N) is 1. The van der Waals surface area contributed by atoms with E-state index < -0.39 is 17.9 Å². The van der Waals surface area contributed by atoms with Crippen molar-refractivity contribution in [3.63, 3.8) is 0 Å². The molecule has 5 N–H and O–H groups in total. The van der Waals surface area contributed by atoms with Crippen molar-refractivity contribution in [2.75, 3.05) is 5.32 Å². The predicted molar refractivity (Wildman–Crippen MR) is 71.9 cm³/mol. The number of hydrogen-bond acceptors (Lipinski definition) is 3. The molecule has 2 aromatic rings. The zero-order chi connectivity index (χ0) is 14.0. The summed E-state index contributed by atoms with van der Waals surface area (Å²) in [5, 5.41) is 12.3. The van der Waals surface area contributed by atoms with Crippen LogP contribution in [-0.4, -0.2) is 28.0 Å². The number of aromatic amines is 1. The fraction of sp³-hybridized carbons (Fsp3) is 0.231. The Bertz CT molecular complexity index is 633. The van der Waals surface area contributed by atoms with Gasteiger partial charge < -0.3 is 21.1 Å². The molecule has 0 saturated heterocycles. The molecule has 0 radical (unpaired) electrons. The topological polar surface area (TPSA) is 108 Å². The van der Waals surface area contributed by atoms with Crippen molar-refractivity contribution in [2.45, 2.75) is 19.4 Å². The van der Waals surface area contributed by atoms with Gasteiger partial charge in [0.1, 0.15) is 6.04 Å². The van der Waals surface area contributed by atoms with Crippen molar-refractivity contribution < 1.29 is 14.7 Å². The van der Waals surface area contributed by atoms with Gasteiger partial charge in [0, 0.05) is 16.6 Å². The molecule has 0 aliphatic heterocycles. The molecule has 6 nitrogen and oxygen atoms in total. The molecule has 1 atom stereocenters. The van der Waals surface area contributed by atoms with Gasteiger partial charge in [0.2, 0.25) is 5.91 Å². The number of carbonyl (C=O) groups excluding carboxylic acids is 1. The van der Waals surface area contributed by atoms with Gasteiger partial charge in [0.05, 0.1) is 12.1 Å². The molecule has 1 aromatic heterocycles. The van der Waals surface area contributed by atoms with Crippen molar-refractivity contribution in [2.24, 2.45) is 5.73 Å². The number of carboxylic acids is 1. The van der Waals surface area contributed by atoms with E-state index in [1.807, 2.05) is 31.2 Å². The van der Waals surface area contributed by atoms with Crippen LogP contribution in [0.4, 0.5) is 5.69 Å². The lowest BCUT2D eigenvalue weighted by Crippen LogP contribution is -2.34. The summed E-state index contributed by atoms with van der Waals surface area (Å²) in [6, 6.07) is 6.36. The molecule has 0 saturated carbocycles. The molecule has 1 heterocycles. The quantitative estimate of drug-likeness (QED) is 0.663. The van der Waals surface area contributed by atoms with E-state index in [0.29, 0.717) is 5.69 Å². The number of aryl methyl sites for hydroxylation is 1. The van der Waals surface area contributed by atoms with E-state index in [1.165, 1.54) is 0 Å². The van der Waals surface area contributed by atoms with Crippen molar-refractivity contribution >= 4 is 28.5 Å². The van der Waals surface area contributed by atoms with Gasteiger partial charge in [-0.05, 0) is 13.0 Å². The number of rotatable bonds is 4. The van der Waals surface area contributed by atoms with Crippen LogP contribution in [0.15, 0.2) is 24.3 Å². The lowest BCUT2D eigenvalue weighted by atomic mass is 10.2. The molecule has 0 aliphatic rings. The fourth-order valence-corrected chi connectivity index (χ4v) is 1.92. The molecular weight excluding hydrogens is 246 g/mol. The lowest BCUT2D eigenvalue weighted by Gasteiger charge is -2.08. The molecule has 0 aliphatic carbocycles. The molecule has 1 aromatic carbocycles. The zero-order valence-corrected chi connectivity index (χ0v) is 10.4. The minimum atomic E-state index is -1.19. The second-order valence-corrected chi connectivity index (χ2v) is 4.37. The number of nitrogens with one attached hydrogen (secondary N) is 2. The zero-order valence-electron chi connectivity index (χ0n) is 10.4. The Morgan fingerprint density at radius 1 is 1.42 bits per heavy atom. The first-order chi connectivity index (χ1) is 8.99. The molecular formula is C13H15N3O3. The van der Waals surface area contributed by atoms with Crippen LogP contribution in [0.3, 0.4) is 0 Å². The van der Waals surface area contributed by atoms with Crippen LogP contribution in [0.25, 0.3) is 10.9 Å². The van der Waals surface area contributed by atoms with E-state index in [4.69, 9.17) is 10.8 Å². The average Bonchev–Trinajstić information content (AvgIpc) is 2.66. The summed E-state index contributed by atoms with van der Waals surface area (Å²) in [5.74, 6) is -1.60. The van der Waals surface area contributed by atoms with E-state index in [1.54, 1.807) is 0 Å². The maximum Gasteiger partial charge on any atom is 0.321 e. The van der Waals surface area contributed by atoms with Gasteiger partial charge in [-0.1, -0.05) is 18.2 Å². The standard InChI is InChI=1S/C13H15N3O3/c1-7-12(8-4-2-3-5-10(8)15-7)16-11(17)6-9(14)13(18)19/h2-5,9,15H,6,14H2,1H3,(H,16,17)(H,18,19). The van der Waals surface area contributed by atoms with Crippen molar-refractivity contribution in [1.82, 2.24) is 4.98 Å². The minimum Gasteiger partial charge on any atom is -0.480 e. The van der Waals surface area contributed by atoms with Crippen molar-refractivity contribution in [3.8, 4) is 0 Å². The Kier molecular flexibility index (Phi) is 3.52. The van der Waals surface area contributed by atoms with Crippen LogP contribution in [-0.2, 0) is 9.59 Å². The number of amides is 1. The number of para-hydroxylation sites is 1. The fourth-order valence-electron chi connectivity index (χ4n) is 1.92. The average molecular weight is 261 g/mol. The van der Waals surface area contributed by atoms with Gasteiger partial charge in [0.25, 0.3) is 0 Å². The summed E-state index contributed by atoms with van der Waals surface area (Å²) in [5.41, 5.74) is 7.73. The number of anilines is 1. The molecule has 0 bridgehead atoms. The second kappa shape index (κ2) is 5.11. The van der Waals surface area contributed by atoms with Crippen LogP contribution >= 0.6 is 0 Å². The van der Waals surface area contributed by atoms with Gasteiger partial charge in [-0.25, -0.2) is 0 Å². The summed E-state index contributed by atoms with van der Waals surface area (Å²) in [7, 11) is 0. The normalized spacial score (nSPS) is 12.3. The van der Waals surface area contributed by atoms with Crippen LogP contribution in [0.5, 0.6) is 0 Å². The summed E-state index contributed by atoms with van der Waals surface area (Å²) in [6.45, 7) is 1.84. The van der Waals surface area contributed by atoms with Crippen LogP contribution in [0, 0.1) is 6.92 Å². The van der Waals surface area contributed by atoms with Gasteiger partial charge >= 0.3 is 5.97 Å². The summed E-state index contributed by atoms with van der Waals surface area (Å²) < 4.78 is 0. The number of aliphatic carboxylic acids is 1. The Hall–Kier alpha value is -2.34. The van der Waals surface area contributed by atoms with Gasteiger partial charge in [-0.2, -0.15) is 0 Å². The lowest BCUT2D eigenvalue weighted by molar-refractivity contribution is -0.140. The number of hydrogen-bond donors (Lipinski definition) is 4. The van der Waals surface area contributed by atoms with Gasteiger partial charge in [-0.15, -0.1) is 0 Å².